The van der Waals surface area contributed by atoms with Gasteiger partial charge in [0.15, 0.2) is 0 Å². The number of aromatic nitrogens is 2. The van der Waals surface area contributed by atoms with Crippen LogP contribution in [0.1, 0.15) is 12.7 Å². The highest BCUT2D eigenvalue weighted by Gasteiger charge is 2.18. The van der Waals surface area contributed by atoms with E-state index in [9.17, 15) is 8.42 Å². The van der Waals surface area contributed by atoms with Crippen molar-refractivity contribution < 1.29 is 13.2 Å². The van der Waals surface area contributed by atoms with Crippen LogP contribution in [0.15, 0.2) is 29.4 Å². The summed E-state index contributed by atoms with van der Waals surface area (Å²) < 4.78 is 30.1. The second-order valence-electron chi connectivity index (χ2n) is 4.07. The molecule has 0 aliphatic rings. The first-order valence-corrected chi connectivity index (χ1v) is 8.96. The van der Waals surface area contributed by atoms with Gasteiger partial charge in [-0.05, 0) is 13.0 Å². The maximum Gasteiger partial charge on any atom is 0.262 e. The molecule has 0 unspecified atom stereocenters. The summed E-state index contributed by atoms with van der Waals surface area (Å²) in [5.74, 6) is 0.982. The van der Waals surface area contributed by atoms with Gasteiger partial charge in [-0.1, -0.05) is 23.2 Å². The molecule has 2 rings (SSSR count). The Labute approximate surface area is 136 Å². The van der Waals surface area contributed by atoms with Crippen molar-refractivity contribution in [3.63, 3.8) is 0 Å². The minimum absolute atomic E-state index is 0.0526. The molecular formula is C12H11Cl3N2O3S. The zero-order valence-corrected chi connectivity index (χ0v) is 14.0. The van der Waals surface area contributed by atoms with Gasteiger partial charge in [0, 0.05) is 35.7 Å². The van der Waals surface area contributed by atoms with E-state index in [1.54, 1.807) is 6.20 Å². The maximum atomic E-state index is 11.3. The highest BCUT2D eigenvalue weighted by atomic mass is 35.7. The van der Waals surface area contributed by atoms with Crippen molar-refractivity contribution in [3.05, 3.63) is 40.4 Å². The molecule has 21 heavy (non-hydrogen) atoms. The summed E-state index contributed by atoms with van der Waals surface area (Å²) in [6.45, 7) is 2.93. The van der Waals surface area contributed by atoms with Crippen LogP contribution in [-0.2, 0) is 22.2 Å². The van der Waals surface area contributed by atoms with Gasteiger partial charge in [-0.15, -0.1) is 0 Å². The van der Waals surface area contributed by atoms with E-state index in [0.29, 0.717) is 0 Å². The SMILES string of the molecule is CCn1ccnc1COc1cc(Cl)c(S(=O)(=O)Cl)cc1Cl. The molecule has 0 radical (unpaired) electrons. The topological polar surface area (TPSA) is 61.2 Å². The van der Waals surface area contributed by atoms with Gasteiger partial charge >= 0.3 is 0 Å². The summed E-state index contributed by atoms with van der Waals surface area (Å²) >= 11 is 11.9. The van der Waals surface area contributed by atoms with E-state index in [2.05, 4.69) is 4.98 Å². The van der Waals surface area contributed by atoms with Gasteiger partial charge < -0.3 is 9.30 Å². The fourth-order valence-corrected chi connectivity index (χ4v) is 3.51. The van der Waals surface area contributed by atoms with E-state index in [-0.39, 0.29) is 27.3 Å². The van der Waals surface area contributed by atoms with Crippen LogP contribution in [-0.4, -0.2) is 18.0 Å². The van der Waals surface area contributed by atoms with E-state index < -0.39 is 9.05 Å². The van der Waals surface area contributed by atoms with E-state index >= 15 is 0 Å². The monoisotopic (exact) mass is 368 g/mol. The number of nitrogens with zero attached hydrogens (tertiary/aromatic N) is 2. The smallest absolute Gasteiger partial charge is 0.262 e. The molecule has 0 N–H and O–H groups in total. The predicted molar refractivity (Wildman–Crippen MR) is 81.7 cm³/mol. The first kappa shape index (κ1) is 16.4. The number of rotatable bonds is 5. The maximum absolute atomic E-state index is 11.3. The lowest BCUT2D eigenvalue weighted by atomic mass is 10.3. The van der Waals surface area contributed by atoms with Crippen LogP contribution < -0.4 is 4.74 Å². The van der Waals surface area contributed by atoms with E-state index in [4.69, 9.17) is 38.6 Å². The van der Waals surface area contributed by atoms with Gasteiger partial charge in [0.05, 0.1) is 10.0 Å². The second-order valence-corrected chi connectivity index (χ2v) is 7.42. The van der Waals surface area contributed by atoms with Crippen molar-refractivity contribution in [2.75, 3.05) is 0 Å². The number of hydrogen-bond donors (Lipinski definition) is 0. The van der Waals surface area contributed by atoms with Crippen LogP contribution in [0.25, 0.3) is 0 Å². The molecule has 0 amide bonds. The summed E-state index contributed by atoms with van der Waals surface area (Å²) in [6.07, 6.45) is 3.50. The number of hydrogen-bond acceptors (Lipinski definition) is 4. The van der Waals surface area contributed by atoms with Gasteiger partial charge in [0.25, 0.3) is 9.05 Å². The van der Waals surface area contributed by atoms with Crippen LogP contribution >= 0.6 is 33.9 Å². The summed E-state index contributed by atoms with van der Waals surface area (Å²) in [5, 5.41) is 0.0523. The number of benzene rings is 1. The Hall–Kier alpha value is -0.950. The summed E-state index contributed by atoms with van der Waals surface area (Å²) in [5.41, 5.74) is 0. The minimum Gasteiger partial charge on any atom is -0.484 e. The summed E-state index contributed by atoms with van der Waals surface area (Å²) in [4.78, 5) is 3.90. The molecule has 0 bridgehead atoms. The van der Waals surface area contributed by atoms with Gasteiger partial charge in [0.2, 0.25) is 0 Å². The minimum atomic E-state index is -3.96. The lowest BCUT2D eigenvalue weighted by Gasteiger charge is -2.11. The highest BCUT2D eigenvalue weighted by molar-refractivity contribution is 8.13. The molecule has 0 aliphatic carbocycles. The van der Waals surface area contributed by atoms with Crippen LogP contribution in [0.4, 0.5) is 0 Å². The third-order valence-electron chi connectivity index (χ3n) is 2.75. The molecule has 0 fully saturated rings. The molecule has 0 atom stereocenters. The Morgan fingerprint density at radius 1 is 1.29 bits per heavy atom. The molecule has 0 spiro atoms. The van der Waals surface area contributed by atoms with Crippen LogP contribution in [0.2, 0.25) is 10.0 Å². The fraction of sp³-hybridized carbons (Fsp3) is 0.250. The zero-order chi connectivity index (χ0) is 15.6. The van der Waals surface area contributed by atoms with E-state index in [1.165, 1.54) is 6.07 Å². The first-order valence-electron chi connectivity index (χ1n) is 5.89. The van der Waals surface area contributed by atoms with Gasteiger partial charge in [-0.25, -0.2) is 13.4 Å². The summed E-state index contributed by atoms with van der Waals surface area (Å²) in [7, 11) is 1.30. The molecule has 2 aromatic rings. The van der Waals surface area contributed by atoms with Crippen molar-refractivity contribution in [1.29, 1.82) is 0 Å². The second kappa shape index (κ2) is 6.44. The van der Waals surface area contributed by atoms with Gasteiger partial charge in [-0.2, -0.15) is 0 Å². The lowest BCUT2D eigenvalue weighted by molar-refractivity contribution is 0.290. The molecule has 5 nitrogen and oxygen atoms in total. The number of halogens is 3. The third kappa shape index (κ3) is 3.83. The molecule has 0 saturated heterocycles. The fourth-order valence-electron chi connectivity index (χ4n) is 1.72. The predicted octanol–water partition coefficient (Wildman–Crippen LogP) is 3.72. The van der Waals surface area contributed by atoms with Crippen molar-refractivity contribution in [3.8, 4) is 5.75 Å². The molecular weight excluding hydrogens is 359 g/mol. The number of ether oxygens (including phenoxy) is 1. The lowest BCUT2D eigenvalue weighted by Crippen LogP contribution is -2.06. The van der Waals surface area contributed by atoms with Crippen LogP contribution in [0.3, 0.4) is 0 Å². The largest absolute Gasteiger partial charge is 0.484 e. The van der Waals surface area contributed by atoms with Gasteiger partial charge in [0.1, 0.15) is 23.1 Å². The molecule has 114 valence electrons. The number of imidazole rings is 1. The molecule has 9 heteroatoms. The van der Waals surface area contributed by atoms with Crippen molar-refractivity contribution in [1.82, 2.24) is 9.55 Å². The number of aryl methyl sites for hydroxylation is 1. The molecule has 1 aromatic heterocycles. The molecule has 0 aliphatic heterocycles. The average molecular weight is 370 g/mol. The Balaban J connectivity index is 2.24. The highest BCUT2D eigenvalue weighted by Crippen LogP contribution is 2.35. The third-order valence-corrected chi connectivity index (χ3v) is 4.83. The van der Waals surface area contributed by atoms with Crippen molar-refractivity contribution in [2.24, 2.45) is 0 Å². The van der Waals surface area contributed by atoms with Crippen molar-refractivity contribution >= 4 is 42.9 Å². The quantitative estimate of drug-likeness (QED) is 0.754. The van der Waals surface area contributed by atoms with Gasteiger partial charge in [-0.3, -0.25) is 0 Å². The average Bonchev–Trinajstić information content (AvgIpc) is 2.85. The summed E-state index contributed by atoms with van der Waals surface area (Å²) in [6, 6.07) is 2.48. The molecule has 0 saturated carbocycles. The Morgan fingerprint density at radius 3 is 2.62 bits per heavy atom. The molecule has 1 aromatic carbocycles. The van der Waals surface area contributed by atoms with Crippen molar-refractivity contribution in [2.45, 2.75) is 25.0 Å². The Bertz CT molecular complexity index is 759. The van der Waals surface area contributed by atoms with Crippen LogP contribution in [0.5, 0.6) is 5.75 Å². The molecule has 1 heterocycles. The standard InChI is InChI=1S/C12H11Cl3N2O3S/c1-2-17-4-3-16-12(17)7-20-10-5-9(14)11(6-8(10)13)21(15,18)19/h3-6H,2,7H2,1H3. The zero-order valence-electron chi connectivity index (χ0n) is 10.9. The Morgan fingerprint density at radius 2 is 2.00 bits per heavy atom. The normalized spacial score (nSPS) is 11.6. The van der Waals surface area contributed by atoms with E-state index in [0.717, 1.165) is 18.4 Å². The first-order chi connectivity index (χ1) is 9.82. The Kier molecular flexibility index (Phi) is 5.03. The van der Waals surface area contributed by atoms with E-state index in [1.807, 2.05) is 17.7 Å². The van der Waals surface area contributed by atoms with Crippen LogP contribution in [0, 0.1) is 0 Å².